The number of methoxy groups -OCH3 is 3. The average Bonchev–Trinajstić information content (AvgIpc) is 3.38. The van der Waals surface area contributed by atoms with Crippen LogP contribution in [-0.4, -0.2) is 36.8 Å². The quantitative estimate of drug-likeness (QED) is 0.323. The summed E-state index contributed by atoms with van der Waals surface area (Å²) in [6.07, 6.45) is 1.28. The number of pyridine rings is 1. The second-order valence-electron chi connectivity index (χ2n) is 8.11. The molecule has 1 amide bonds. The van der Waals surface area contributed by atoms with Crippen molar-refractivity contribution in [2.45, 2.75) is 6.42 Å². The molecule has 0 radical (unpaired) electrons. The van der Waals surface area contributed by atoms with Crippen LogP contribution < -0.4 is 25.1 Å². The Morgan fingerprint density at radius 1 is 1.03 bits per heavy atom. The first kappa shape index (κ1) is 24.2. The minimum Gasteiger partial charge on any atom is -0.493 e. The predicted molar refractivity (Wildman–Crippen MR) is 141 cm³/mol. The Balaban J connectivity index is 1.49. The van der Waals surface area contributed by atoms with E-state index < -0.39 is 0 Å². The molecular formula is C27H22ClN3O6. The predicted octanol–water partition coefficient (Wildman–Crippen LogP) is 4.99. The Kier molecular flexibility index (Phi) is 6.45. The van der Waals surface area contributed by atoms with Crippen molar-refractivity contribution >= 4 is 45.2 Å². The van der Waals surface area contributed by atoms with E-state index in [0.717, 1.165) is 0 Å². The molecule has 0 aliphatic heterocycles. The molecule has 0 saturated heterocycles. The molecule has 0 atom stereocenters. The number of nitrogens with zero attached hydrogens (tertiary/aromatic N) is 2. The van der Waals surface area contributed by atoms with Crippen molar-refractivity contribution < 1.29 is 23.4 Å². The molecule has 0 saturated carbocycles. The Bertz CT molecular complexity index is 1680. The summed E-state index contributed by atoms with van der Waals surface area (Å²) in [5.41, 5.74) is 2.49. The maximum absolute atomic E-state index is 13.3. The van der Waals surface area contributed by atoms with E-state index in [1.165, 1.54) is 32.3 Å². The third kappa shape index (κ3) is 4.34. The van der Waals surface area contributed by atoms with E-state index in [4.69, 9.17) is 30.2 Å². The lowest BCUT2D eigenvalue weighted by molar-refractivity contribution is -0.115. The van der Waals surface area contributed by atoms with Gasteiger partial charge in [0, 0.05) is 23.5 Å². The standard InChI is InChI=1S/C27H22ClN3O6/c1-34-20-12-16(13-21(35-2)25(20)36-3)30-22(32)11-15-6-4-7-17(10-15)31-19-9-5-8-18(28)23(19)26-24(27(31)33)29-14-37-26/h4-10,12-14H,11H2,1-3H3,(H,30,32). The van der Waals surface area contributed by atoms with Crippen LogP contribution in [0.15, 0.2) is 70.2 Å². The van der Waals surface area contributed by atoms with Crippen molar-refractivity contribution in [3.05, 3.63) is 81.9 Å². The normalized spacial score (nSPS) is 11.0. The van der Waals surface area contributed by atoms with Crippen molar-refractivity contribution in [2.24, 2.45) is 0 Å². The zero-order chi connectivity index (χ0) is 26.1. The summed E-state index contributed by atoms with van der Waals surface area (Å²) < 4.78 is 23.0. The van der Waals surface area contributed by atoms with E-state index in [1.807, 2.05) is 6.07 Å². The molecule has 2 aromatic heterocycles. The highest BCUT2D eigenvalue weighted by Crippen LogP contribution is 2.40. The first-order valence-electron chi connectivity index (χ1n) is 11.2. The van der Waals surface area contributed by atoms with Crippen molar-refractivity contribution in [3.8, 4) is 22.9 Å². The molecule has 9 nitrogen and oxygen atoms in total. The number of ether oxygens (including phenoxy) is 3. The van der Waals surface area contributed by atoms with E-state index >= 15 is 0 Å². The fourth-order valence-corrected chi connectivity index (χ4v) is 4.58. The SMILES string of the molecule is COc1cc(NC(=O)Cc2cccc(-n3c(=O)c4ncoc4c4c(Cl)cccc43)c2)cc(OC)c1OC. The largest absolute Gasteiger partial charge is 0.493 e. The number of hydrogen-bond donors (Lipinski definition) is 1. The highest BCUT2D eigenvalue weighted by Gasteiger charge is 2.19. The van der Waals surface area contributed by atoms with Crippen LogP contribution in [0.1, 0.15) is 5.56 Å². The Hall–Kier alpha value is -4.50. The molecule has 5 aromatic rings. The second-order valence-corrected chi connectivity index (χ2v) is 8.52. The number of fused-ring (bicyclic) bond motifs is 3. The molecule has 10 heteroatoms. The summed E-state index contributed by atoms with van der Waals surface area (Å²) in [7, 11) is 4.52. The zero-order valence-electron chi connectivity index (χ0n) is 20.2. The number of anilines is 1. The van der Waals surface area contributed by atoms with Crippen LogP contribution in [0.5, 0.6) is 17.2 Å². The van der Waals surface area contributed by atoms with Gasteiger partial charge >= 0.3 is 0 Å². The number of amides is 1. The van der Waals surface area contributed by atoms with Crippen LogP contribution >= 0.6 is 11.6 Å². The minimum absolute atomic E-state index is 0.0597. The van der Waals surface area contributed by atoms with E-state index in [0.29, 0.717) is 55.7 Å². The molecule has 3 aromatic carbocycles. The second kappa shape index (κ2) is 9.87. The van der Waals surface area contributed by atoms with E-state index in [2.05, 4.69) is 10.3 Å². The molecule has 0 unspecified atom stereocenters. The highest BCUT2D eigenvalue weighted by atomic mass is 35.5. The smallest absolute Gasteiger partial charge is 0.285 e. The molecule has 5 rings (SSSR count). The summed E-state index contributed by atoms with van der Waals surface area (Å²) in [5.74, 6) is 1.01. The molecule has 188 valence electrons. The van der Waals surface area contributed by atoms with Gasteiger partial charge < -0.3 is 23.9 Å². The lowest BCUT2D eigenvalue weighted by Crippen LogP contribution is -2.20. The molecule has 0 aliphatic rings. The third-order valence-corrected chi connectivity index (χ3v) is 6.23. The lowest BCUT2D eigenvalue weighted by Gasteiger charge is -2.15. The van der Waals surface area contributed by atoms with Crippen LogP contribution in [0.2, 0.25) is 5.02 Å². The van der Waals surface area contributed by atoms with Crippen LogP contribution in [-0.2, 0) is 11.2 Å². The summed E-state index contributed by atoms with van der Waals surface area (Å²) in [5, 5.41) is 3.88. The van der Waals surface area contributed by atoms with E-state index in [1.54, 1.807) is 48.5 Å². The Morgan fingerprint density at radius 3 is 2.46 bits per heavy atom. The fraction of sp³-hybridized carbons (Fsp3) is 0.148. The van der Waals surface area contributed by atoms with Crippen LogP contribution in [0.25, 0.3) is 27.7 Å². The first-order valence-corrected chi connectivity index (χ1v) is 11.6. The average molecular weight is 520 g/mol. The van der Waals surface area contributed by atoms with Gasteiger partial charge in [0.25, 0.3) is 5.56 Å². The Morgan fingerprint density at radius 2 is 1.76 bits per heavy atom. The van der Waals surface area contributed by atoms with E-state index in [-0.39, 0.29) is 23.4 Å². The maximum Gasteiger partial charge on any atom is 0.285 e. The molecule has 0 spiro atoms. The number of nitrogens with one attached hydrogen (secondary N) is 1. The molecule has 2 heterocycles. The van der Waals surface area contributed by atoms with E-state index in [9.17, 15) is 9.59 Å². The summed E-state index contributed by atoms with van der Waals surface area (Å²) in [6, 6.07) is 15.7. The van der Waals surface area contributed by atoms with Gasteiger partial charge in [-0.25, -0.2) is 4.98 Å². The highest BCUT2D eigenvalue weighted by molar-refractivity contribution is 6.37. The van der Waals surface area contributed by atoms with Crippen molar-refractivity contribution in [1.82, 2.24) is 9.55 Å². The molecule has 1 N–H and O–H groups in total. The van der Waals surface area contributed by atoms with Gasteiger partial charge in [0.1, 0.15) is 0 Å². The van der Waals surface area contributed by atoms with Crippen LogP contribution in [0, 0.1) is 0 Å². The minimum atomic E-state index is -0.349. The van der Waals surface area contributed by atoms with Gasteiger partial charge in [-0.3, -0.25) is 14.2 Å². The number of oxazole rings is 1. The first-order chi connectivity index (χ1) is 17.9. The maximum atomic E-state index is 13.3. The molecule has 37 heavy (non-hydrogen) atoms. The van der Waals surface area contributed by atoms with Gasteiger partial charge in [-0.05, 0) is 29.8 Å². The monoisotopic (exact) mass is 519 g/mol. The summed E-state index contributed by atoms with van der Waals surface area (Å²) >= 11 is 6.46. The van der Waals surface area contributed by atoms with Gasteiger partial charge in [-0.2, -0.15) is 0 Å². The van der Waals surface area contributed by atoms with Crippen LogP contribution in [0.4, 0.5) is 5.69 Å². The van der Waals surface area contributed by atoms with Gasteiger partial charge in [0.15, 0.2) is 29.0 Å². The van der Waals surface area contributed by atoms with Crippen LogP contribution in [0.3, 0.4) is 0 Å². The fourth-order valence-electron chi connectivity index (χ4n) is 4.32. The van der Waals surface area contributed by atoms with Gasteiger partial charge in [0.05, 0.1) is 43.7 Å². The van der Waals surface area contributed by atoms with Gasteiger partial charge in [-0.1, -0.05) is 29.8 Å². The Labute approximate surface area is 216 Å². The topological polar surface area (TPSA) is 105 Å². The summed E-state index contributed by atoms with van der Waals surface area (Å²) in [4.78, 5) is 30.4. The molecular weight excluding hydrogens is 498 g/mol. The molecule has 0 bridgehead atoms. The number of rotatable bonds is 7. The molecule has 0 fully saturated rings. The van der Waals surface area contributed by atoms with Crippen molar-refractivity contribution in [2.75, 3.05) is 26.6 Å². The van der Waals surface area contributed by atoms with Gasteiger partial charge in [-0.15, -0.1) is 0 Å². The number of benzene rings is 3. The summed E-state index contributed by atoms with van der Waals surface area (Å²) in [6.45, 7) is 0. The lowest BCUT2D eigenvalue weighted by atomic mass is 10.1. The molecule has 0 aliphatic carbocycles. The number of hydrogen-bond acceptors (Lipinski definition) is 7. The van der Waals surface area contributed by atoms with Gasteiger partial charge in [0.2, 0.25) is 11.7 Å². The zero-order valence-corrected chi connectivity index (χ0v) is 21.0. The van der Waals surface area contributed by atoms with Crippen molar-refractivity contribution in [3.63, 3.8) is 0 Å². The number of carbonyl (C=O) groups is 1. The number of halogens is 1. The number of carbonyl (C=O) groups excluding carboxylic acids is 1. The van der Waals surface area contributed by atoms with Crippen molar-refractivity contribution in [1.29, 1.82) is 0 Å². The number of aromatic nitrogens is 2. The third-order valence-electron chi connectivity index (χ3n) is 5.91.